The van der Waals surface area contributed by atoms with Crippen LogP contribution in [-0.4, -0.2) is 137 Å². The number of nitro groups is 1. The van der Waals surface area contributed by atoms with Crippen molar-refractivity contribution >= 4 is 35.5 Å². The van der Waals surface area contributed by atoms with Crippen LogP contribution in [0, 0.1) is 10.1 Å². The number of carbonyl (C=O) groups is 5. The van der Waals surface area contributed by atoms with E-state index < -0.39 is 54.4 Å². The van der Waals surface area contributed by atoms with Gasteiger partial charge in [-0.15, -0.1) is 0 Å². The number of quaternary nitrogens is 1. The molecular formula is C32H37N6O12+. The summed E-state index contributed by atoms with van der Waals surface area (Å²) in [5, 5.41) is 59.2. The number of carboxylic acid groups (broad SMARTS) is 5. The van der Waals surface area contributed by atoms with E-state index in [-0.39, 0.29) is 85.2 Å². The molecule has 50 heavy (non-hydrogen) atoms. The van der Waals surface area contributed by atoms with Crippen LogP contribution in [0.25, 0.3) is 0 Å². The molecule has 2 aromatic heterocycles. The second-order valence-corrected chi connectivity index (χ2v) is 11.6. The molecule has 0 fully saturated rings. The minimum Gasteiger partial charge on any atom is -0.480 e. The number of aromatic nitrogens is 2. The molecule has 3 rings (SSSR count). The Hall–Kier alpha value is -5.85. The highest BCUT2D eigenvalue weighted by Crippen LogP contribution is 2.17. The smallest absolute Gasteiger partial charge is 0.359 e. The molecular weight excluding hydrogens is 660 g/mol. The van der Waals surface area contributed by atoms with E-state index >= 15 is 0 Å². The maximum absolute atomic E-state index is 12.3. The molecule has 1 aromatic carbocycles. The number of carboxylic acids is 5. The highest BCUT2D eigenvalue weighted by atomic mass is 16.6. The lowest BCUT2D eigenvalue weighted by atomic mass is 10.1. The number of benzene rings is 1. The Morgan fingerprint density at radius 2 is 1.12 bits per heavy atom. The van der Waals surface area contributed by atoms with E-state index in [0.29, 0.717) is 5.56 Å². The Bertz CT molecular complexity index is 1620. The lowest BCUT2D eigenvalue weighted by molar-refractivity contribution is -0.920. The van der Waals surface area contributed by atoms with E-state index in [0.717, 1.165) is 0 Å². The van der Waals surface area contributed by atoms with Crippen LogP contribution in [-0.2, 0) is 33.9 Å². The summed E-state index contributed by atoms with van der Waals surface area (Å²) in [6.07, 6.45) is 0.258. The molecule has 0 aliphatic heterocycles. The van der Waals surface area contributed by atoms with Gasteiger partial charge in [0.1, 0.15) is 11.4 Å². The molecule has 2 heterocycles. The van der Waals surface area contributed by atoms with Crippen molar-refractivity contribution in [3.8, 4) is 0 Å². The minimum atomic E-state index is -1.27. The lowest BCUT2D eigenvalue weighted by Gasteiger charge is -2.40. The number of rotatable bonds is 22. The molecule has 0 saturated heterocycles. The molecule has 5 N–H and O–H groups in total. The maximum atomic E-state index is 12.3. The van der Waals surface area contributed by atoms with Gasteiger partial charge in [0, 0.05) is 44.7 Å². The number of aliphatic carboxylic acids is 3. The lowest BCUT2D eigenvalue weighted by Crippen LogP contribution is -2.58. The van der Waals surface area contributed by atoms with E-state index in [2.05, 4.69) is 9.97 Å². The third kappa shape index (κ3) is 12.6. The zero-order valence-corrected chi connectivity index (χ0v) is 26.8. The first-order valence-corrected chi connectivity index (χ1v) is 15.2. The van der Waals surface area contributed by atoms with Crippen molar-refractivity contribution < 1.29 is 58.9 Å². The van der Waals surface area contributed by atoms with Gasteiger partial charge in [0.2, 0.25) is 0 Å². The minimum absolute atomic E-state index is 0.0139. The summed E-state index contributed by atoms with van der Waals surface area (Å²) in [6.45, 7) is -1.26. The average molecular weight is 698 g/mol. The summed E-state index contributed by atoms with van der Waals surface area (Å²) in [5.41, 5.74) is 0.610. The number of nitro benzene ring substituents is 1. The van der Waals surface area contributed by atoms with Crippen LogP contribution >= 0.6 is 0 Å². The van der Waals surface area contributed by atoms with Crippen molar-refractivity contribution in [3.63, 3.8) is 0 Å². The van der Waals surface area contributed by atoms with Crippen LogP contribution in [0.5, 0.6) is 0 Å². The predicted molar refractivity (Wildman–Crippen MR) is 172 cm³/mol. The van der Waals surface area contributed by atoms with Crippen molar-refractivity contribution in [1.82, 2.24) is 19.8 Å². The Morgan fingerprint density at radius 1 is 0.660 bits per heavy atom. The van der Waals surface area contributed by atoms with E-state index in [1.54, 1.807) is 12.1 Å². The molecule has 0 spiro atoms. The zero-order valence-electron chi connectivity index (χ0n) is 26.8. The van der Waals surface area contributed by atoms with Gasteiger partial charge in [-0.25, -0.2) is 24.4 Å². The van der Waals surface area contributed by atoms with Gasteiger partial charge in [0.05, 0.1) is 49.0 Å². The number of hydrogen-bond donors (Lipinski definition) is 5. The first kappa shape index (κ1) is 38.6. The molecule has 3 aromatic rings. The van der Waals surface area contributed by atoms with Gasteiger partial charge in [0.25, 0.3) is 5.69 Å². The van der Waals surface area contributed by atoms with Gasteiger partial charge in [-0.2, -0.15) is 0 Å². The molecule has 18 heteroatoms. The fourth-order valence-corrected chi connectivity index (χ4v) is 5.36. The van der Waals surface area contributed by atoms with E-state index in [1.165, 1.54) is 58.3 Å². The topological polar surface area (TPSA) is 262 Å². The third-order valence-electron chi connectivity index (χ3n) is 7.81. The van der Waals surface area contributed by atoms with Crippen LogP contribution in [0.4, 0.5) is 5.69 Å². The Kier molecular flexibility index (Phi) is 13.9. The fraction of sp³-hybridized carbons (Fsp3) is 0.344. The number of hydrogen-bond acceptors (Lipinski definition) is 11. The molecule has 0 saturated carbocycles. The predicted octanol–water partition coefficient (Wildman–Crippen LogP) is 1.40. The van der Waals surface area contributed by atoms with Gasteiger partial charge < -0.3 is 30.0 Å². The standard InChI is InChI=1S/C32H36N6O12/c39-28(40)19-35(17-23-3-1-5-26(33-23)31(45)46)12-15-38(21-30(43)44,14-11-22-7-9-25(10-8-22)37(49)50)16-13-36(20-29(41)42)18-24-4-2-6-27(34-24)32(47)48/h1-10H,11-21H2,(H4-,39,40,41,42,43,44,45,46,47,48)/p+1. The fourth-order valence-electron chi connectivity index (χ4n) is 5.36. The van der Waals surface area contributed by atoms with Gasteiger partial charge in [-0.3, -0.25) is 29.5 Å². The SMILES string of the molecule is O=C(O)CN(CC[N+](CCc1ccc([N+](=O)[O-])cc1)(CCN(CC(=O)O)Cc1cccc(C(=O)O)n1)CC(=O)O)Cc1cccc(C(=O)O)n1. The molecule has 0 unspecified atom stereocenters. The van der Waals surface area contributed by atoms with Gasteiger partial charge in [0.15, 0.2) is 6.54 Å². The molecule has 0 radical (unpaired) electrons. The zero-order chi connectivity index (χ0) is 36.8. The van der Waals surface area contributed by atoms with Crippen molar-refractivity contribution in [3.05, 3.63) is 99.1 Å². The maximum Gasteiger partial charge on any atom is 0.359 e. The summed E-state index contributed by atoms with van der Waals surface area (Å²) in [4.78, 5) is 80.5. The summed E-state index contributed by atoms with van der Waals surface area (Å²) in [7, 11) is 0. The molecule has 0 atom stereocenters. The molecule has 0 aliphatic carbocycles. The molecule has 18 nitrogen and oxygen atoms in total. The Labute approximate surface area is 285 Å². The second kappa shape index (κ2) is 18.1. The molecule has 0 bridgehead atoms. The van der Waals surface area contributed by atoms with Gasteiger partial charge >= 0.3 is 29.8 Å². The summed E-state index contributed by atoms with van der Waals surface area (Å²) < 4.78 is -0.177. The summed E-state index contributed by atoms with van der Waals surface area (Å²) in [6, 6.07) is 14.3. The Balaban J connectivity index is 1.94. The number of aromatic carboxylic acids is 2. The van der Waals surface area contributed by atoms with E-state index in [1.807, 2.05) is 0 Å². The number of pyridine rings is 2. The first-order valence-electron chi connectivity index (χ1n) is 15.2. The van der Waals surface area contributed by atoms with Crippen molar-refractivity contribution in [2.75, 3.05) is 52.4 Å². The van der Waals surface area contributed by atoms with Crippen LogP contribution in [0.1, 0.15) is 37.9 Å². The largest absolute Gasteiger partial charge is 0.480 e. The second-order valence-electron chi connectivity index (χ2n) is 11.6. The van der Waals surface area contributed by atoms with Crippen molar-refractivity contribution in [2.24, 2.45) is 0 Å². The van der Waals surface area contributed by atoms with Crippen molar-refractivity contribution in [1.29, 1.82) is 0 Å². The van der Waals surface area contributed by atoms with Crippen LogP contribution in [0.3, 0.4) is 0 Å². The van der Waals surface area contributed by atoms with Gasteiger partial charge in [-0.1, -0.05) is 24.3 Å². The monoisotopic (exact) mass is 697 g/mol. The third-order valence-corrected chi connectivity index (χ3v) is 7.81. The quantitative estimate of drug-likeness (QED) is 0.0564. The van der Waals surface area contributed by atoms with Crippen molar-refractivity contribution in [2.45, 2.75) is 19.5 Å². The van der Waals surface area contributed by atoms with Crippen LogP contribution in [0.15, 0.2) is 60.7 Å². The molecule has 266 valence electrons. The molecule has 0 aliphatic rings. The number of nitrogens with zero attached hydrogens (tertiary/aromatic N) is 6. The van der Waals surface area contributed by atoms with Crippen LogP contribution in [0.2, 0.25) is 0 Å². The highest BCUT2D eigenvalue weighted by Gasteiger charge is 2.33. The van der Waals surface area contributed by atoms with E-state index in [9.17, 15) is 59.6 Å². The summed E-state index contributed by atoms with van der Waals surface area (Å²) >= 11 is 0. The highest BCUT2D eigenvalue weighted by molar-refractivity contribution is 5.85. The molecule has 0 amide bonds. The normalized spacial score (nSPS) is 11.4. The summed E-state index contributed by atoms with van der Waals surface area (Å²) in [5.74, 6) is -6.10. The van der Waals surface area contributed by atoms with Crippen LogP contribution < -0.4 is 0 Å². The first-order chi connectivity index (χ1) is 23.6. The van der Waals surface area contributed by atoms with E-state index in [4.69, 9.17) is 0 Å². The average Bonchev–Trinajstić information content (AvgIpc) is 3.04. The van der Waals surface area contributed by atoms with Gasteiger partial charge in [-0.05, 0) is 29.8 Å². The Morgan fingerprint density at radius 3 is 1.50 bits per heavy atom. The number of non-ortho nitro benzene ring substituents is 1.